The van der Waals surface area contributed by atoms with Crippen molar-refractivity contribution < 1.29 is 8.42 Å². The van der Waals surface area contributed by atoms with E-state index < -0.39 is 9.84 Å². The fourth-order valence-electron chi connectivity index (χ4n) is 2.77. The third-order valence-electron chi connectivity index (χ3n) is 4.01. The van der Waals surface area contributed by atoms with E-state index >= 15 is 0 Å². The molecule has 0 spiro atoms. The maximum atomic E-state index is 11.6. The molecule has 6 heteroatoms. The van der Waals surface area contributed by atoms with Crippen LogP contribution in [0.2, 0.25) is 0 Å². The van der Waals surface area contributed by atoms with E-state index in [0.717, 1.165) is 10.0 Å². The quantitative estimate of drug-likeness (QED) is 0.890. The number of nitrogens with zero attached hydrogens (tertiary/aromatic N) is 1. The Morgan fingerprint density at radius 3 is 2.70 bits per heavy atom. The van der Waals surface area contributed by atoms with Crippen LogP contribution in [0.4, 0.5) is 0 Å². The van der Waals surface area contributed by atoms with Crippen LogP contribution >= 0.6 is 15.9 Å². The van der Waals surface area contributed by atoms with Gasteiger partial charge in [-0.25, -0.2) is 8.42 Å². The Morgan fingerprint density at radius 1 is 1.50 bits per heavy atom. The van der Waals surface area contributed by atoms with Crippen molar-refractivity contribution in [2.75, 3.05) is 25.1 Å². The maximum absolute atomic E-state index is 11.6. The number of hydrogen-bond donors (Lipinski definition) is 1. The Labute approximate surface area is 129 Å². The van der Waals surface area contributed by atoms with Crippen LogP contribution in [0.3, 0.4) is 0 Å². The van der Waals surface area contributed by atoms with Gasteiger partial charge < -0.3 is 5.73 Å². The highest BCUT2D eigenvalue weighted by molar-refractivity contribution is 9.10. The van der Waals surface area contributed by atoms with E-state index in [9.17, 15) is 8.42 Å². The molecule has 1 heterocycles. The van der Waals surface area contributed by atoms with E-state index in [1.165, 1.54) is 5.56 Å². The highest BCUT2D eigenvalue weighted by Gasteiger charge is 2.34. The first-order valence-corrected chi connectivity index (χ1v) is 9.34. The summed E-state index contributed by atoms with van der Waals surface area (Å²) in [4.78, 5) is 2.11. The average molecular weight is 361 g/mol. The van der Waals surface area contributed by atoms with Crippen molar-refractivity contribution in [1.29, 1.82) is 0 Å². The molecule has 0 radical (unpaired) electrons. The summed E-state index contributed by atoms with van der Waals surface area (Å²) in [6.45, 7) is 2.51. The van der Waals surface area contributed by atoms with Gasteiger partial charge in [0.1, 0.15) is 0 Å². The van der Waals surface area contributed by atoms with Crippen molar-refractivity contribution in [2.45, 2.75) is 25.4 Å². The number of aryl methyl sites for hydroxylation is 1. The summed E-state index contributed by atoms with van der Waals surface area (Å²) >= 11 is 3.59. The molecule has 0 bridgehead atoms. The number of likely N-dealkylation sites (N-methyl/N-ethyl adjacent to an activating group) is 1. The zero-order chi connectivity index (χ0) is 14.9. The molecule has 0 saturated carbocycles. The monoisotopic (exact) mass is 360 g/mol. The predicted molar refractivity (Wildman–Crippen MR) is 85.5 cm³/mol. The van der Waals surface area contributed by atoms with Gasteiger partial charge in [0, 0.05) is 23.1 Å². The number of nitrogens with two attached hydrogens (primary N) is 1. The number of benzene rings is 1. The van der Waals surface area contributed by atoms with Crippen LogP contribution in [0.1, 0.15) is 23.6 Å². The van der Waals surface area contributed by atoms with Gasteiger partial charge in [-0.05, 0) is 37.6 Å². The number of halogens is 1. The first-order valence-electron chi connectivity index (χ1n) is 6.72. The van der Waals surface area contributed by atoms with Gasteiger partial charge in [-0.1, -0.05) is 28.1 Å². The third kappa shape index (κ3) is 3.42. The minimum Gasteiger partial charge on any atom is -0.329 e. The van der Waals surface area contributed by atoms with Gasteiger partial charge in [0.05, 0.1) is 11.5 Å². The second-order valence-corrected chi connectivity index (χ2v) is 8.58. The number of sulfone groups is 1. The predicted octanol–water partition coefficient (Wildman–Crippen LogP) is 1.88. The fourth-order valence-corrected chi connectivity index (χ4v) is 5.31. The van der Waals surface area contributed by atoms with Gasteiger partial charge in [0.25, 0.3) is 0 Å². The molecule has 1 fully saturated rings. The zero-order valence-electron chi connectivity index (χ0n) is 11.8. The lowest BCUT2D eigenvalue weighted by Crippen LogP contribution is -2.39. The molecule has 2 atom stereocenters. The van der Waals surface area contributed by atoms with Crippen LogP contribution in [-0.2, 0) is 9.84 Å². The van der Waals surface area contributed by atoms with Crippen LogP contribution in [0, 0.1) is 6.92 Å². The molecule has 112 valence electrons. The van der Waals surface area contributed by atoms with E-state index in [0.29, 0.717) is 13.0 Å². The van der Waals surface area contributed by atoms with Gasteiger partial charge in [0.15, 0.2) is 9.84 Å². The lowest BCUT2D eigenvalue weighted by atomic mass is 10.0. The van der Waals surface area contributed by atoms with Gasteiger partial charge in [-0.3, -0.25) is 4.90 Å². The van der Waals surface area contributed by atoms with Gasteiger partial charge in [0.2, 0.25) is 0 Å². The summed E-state index contributed by atoms with van der Waals surface area (Å²) in [5.41, 5.74) is 8.23. The minimum atomic E-state index is -2.88. The molecule has 0 aliphatic carbocycles. The Morgan fingerprint density at radius 2 is 2.20 bits per heavy atom. The van der Waals surface area contributed by atoms with Crippen LogP contribution in [0.15, 0.2) is 22.7 Å². The van der Waals surface area contributed by atoms with Crippen molar-refractivity contribution in [3.8, 4) is 0 Å². The summed E-state index contributed by atoms with van der Waals surface area (Å²) in [7, 11) is -0.908. The summed E-state index contributed by atoms with van der Waals surface area (Å²) < 4.78 is 24.3. The molecule has 1 saturated heterocycles. The molecule has 20 heavy (non-hydrogen) atoms. The molecule has 2 N–H and O–H groups in total. The highest BCUT2D eigenvalue weighted by Crippen LogP contribution is 2.31. The lowest BCUT2D eigenvalue weighted by Gasteiger charge is -2.32. The first kappa shape index (κ1) is 15.9. The normalized spacial score (nSPS) is 23.1. The molecule has 2 rings (SSSR count). The molecule has 1 aliphatic heterocycles. The molecule has 1 aliphatic rings. The standard InChI is InChI=1S/C14H21BrN2O2S/c1-10-3-4-12(13(15)7-10)14(8-16)17(2)11-5-6-20(18,19)9-11/h3-4,7,11,14H,5-6,8-9,16H2,1-2H3. The molecule has 2 unspecified atom stereocenters. The smallest absolute Gasteiger partial charge is 0.151 e. The molecular weight excluding hydrogens is 340 g/mol. The first-order chi connectivity index (χ1) is 9.34. The highest BCUT2D eigenvalue weighted by atomic mass is 79.9. The van der Waals surface area contributed by atoms with Crippen molar-refractivity contribution >= 4 is 25.8 Å². The summed E-state index contributed by atoms with van der Waals surface area (Å²) in [6.07, 6.45) is 0.693. The van der Waals surface area contributed by atoms with E-state index in [1.54, 1.807) is 0 Å². The third-order valence-corrected chi connectivity index (χ3v) is 6.45. The molecule has 4 nitrogen and oxygen atoms in total. The lowest BCUT2D eigenvalue weighted by molar-refractivity contribution is 0.192. The molecular formula is C14H21BrN2O2S. The Bertz CT molecular complexity index is 589. The number of hydrogen-bond acceptors (Lipinski definition) is 4. The van der Waals surface area contributed by atoms with Gasteiger partial charge in [-0.2, -0.15) is 0 Å². The molecule has 0 aromatic heterocycles. The van der Waals surface area contributed by atoms with Crippen molar-refractivity contribution in [2.24, 2.45) is 5.73 Å². The zero-order valence-corrected chi connectivity index (χ0v) is 14.2. The molecule has 0 amide bonds. The van der Waals surface area contributed by atoms with Crippen LogP contribution < -0.4 is 5.73 Å². The average Bonchev–Trinajstić information content (AvgIpc) is 2.73. The van der Waals surface area contributed by atoms with Crippen molar-refractivity contribution in [3.63, 3.8) is 0 Å². The SMILES string of the molecule is Cc1ccc(C(CN)N(C)C2CCS(=O)(=O)C2)c(Br)c1. The van der Waals surface area contributed by atoms with E-state index in [1.807, 2.05) is 14.0 Å². The number of rotatable bonds is 4. The Kier molecular flexibility index (Phi) is 4.89. The van der Waals surface area contributed by atoms with Gasteiger partial charge >= 0.3 is 0 Å². The fraction of sp³-hybridized carbons (Fsp3) is 0.571. The topological polar surface area (TPSA) is 63.4 Å². The van der Waals surface area contributed by atoms with Gasteiger partial charge in [-0.15, -0.1) is 0 Å². The Balaban J connectivity index is 2.23. The van der Waals surface area contributed by atoms with Crippen LogP contribution in [0.5, 0.6) is 0 Å². The molecule has 1 aromatic rings. The maximum Gasteiger partial charge on any atom is 0.151 e. The second-order valence-electron chi connectivity index (χ2n) is 5.50. The minimum absolute atomic E-state index is 0.0308. The Hall–Kier alpha value is -0.430. The van der Waals surface area contributed by atoms with E-state index in [-0.39, 0.29) is 23.6 Å². The van der Waals surface area contributed by atoms with Crippen LogP contribution in [-0.4, -0.2) is 44.5 Å². The summed E-state index contributed by atoms with van der Waals surface area (Å²) in [5.74, 6) is 0.526. The van der Waals surface area contributed by atoms with E-state index in [4.69, 9.17) is 5.73 Å². The van der Waals surface area contributed by atoms with E-state index in [2.05, 4.69) is 39.0 Å². The summed E-state index contributed by atoms with van der Waals surface area (Å²) in [5, 5.41) is 0. The second kappa shape index (κ2) is 6.13. The summed E-state index contributed by atoms with van der Waals surface area (Å²) in [6, 6.07) is 6.28. The molecule has 1 aromatic carbocycles. The van der Waals surface area contributed by atoms with Crippen molar-refractivity contribution in [3.05, 3.63) is 33.8 Å². The van der Waals surface area contributed by atoms with Crippen LogP contribution in [0.25, 0.3) is 0 Å². The largest absolute Gasteiger partial charge is 0.329 e. The van der Waals surface area contributed by atoms with Crippen molar-refractivity contribution in [1.82, 2.24) is 4.90 Å².